The van der Waals surface area contributed by atoms with Gasteiger partial charge in [-0.1, -0.05) is 42.9 Å². The van der Waals surface area contributed by atoms with E-state index < -0.39 is 5.56 Å². The SMILES string of the molecule is CCCCOc1ccc(-c2nn(-c3ccccc3)cc2C=c2sc3nc(=O)c(C)nn3c2=O)cc1C. The van der Waals surface area contributed by atoms with E-state index >= 15 is 0 Å². The summed E-state index contributed by atoms with van der Waals surface area (Å²) < 4.78 is 9.32. The van der Waals surface area contributed by atoms with E-state index in [4.69, 9.17) is 9.84 Å². The average Bonchev–Trinajstić information content (AvgIpc) is 3.43. The molecule has 0 aliphatic rings. The maximum Gasteiger partial charge on any atom is 0.295 e. The molecule has 182 valence electrons. The van der Waals surface area contributed by atoms with E-state index in [-0.39, 0.29) is 16.2 Å². The van der Waals surface area contributed by atoms with E-state index in [1.807, 2.05) is 61.7 Å². The minimum Gasteiger partial charge on any atom is -0.493 e. The highest BCUT2D eigenvalue weighted by molar-refractivity contribution is 7.15. The van der Waals surface area contributed by atoms with Crippen LogP contribution in [0.1, 0.15) is 36.6 Å². The second-order valence-electron chi connectivity index (χ2n) is 8.51. The van der Waals surface area contributed by atoms with Gasteiger partial charge in [0.25, 0.3) is 11.1 Å². The number of thiazole rings is 1. The van der Waals surface area contributed by atoms with Crippen LogP contribution in [0.25, 0.3) is 28.0 Å². The molecule has 0 saturated carbocycles. The van der Waals surface area contributed by atoms with Crippen LogP contribution < -0.4 is 20.4 Å². The summed E-state index contributed by atoms with van der Waals surface area (Å²) in [6, 6.07) is 15.8. The van der Waals surface area contributed by atoms with Gasteiger partial charge in [0.15, 0.2) is 0 Å². The Morgan fingerprint density at radius 2 is 1.86 bits per heavy atom. The van der Waals surface area contributed by atoms with Crippen molar-refractivity contribution >= 4 is 22.4 Å². The molecule has 0 bridgehead atoms. The monoisotopic (exact) mass is 499 g/mol. The van der Waals surface area contributed by atoms with E-state index in [1.54, 1.807) is 17.7 Å². The minimum absolute atomic E-state index is 0.184. The standard InChI is InChI=1S/C27H25N5O3S/c1-4-5-13-35-22-12-11-19(14-17(22)2)24-20(16-31(30-24)21-9-7-6-8-10-21)15-23-26(34)32-27(36-23)28-25(33)18(3)29-32/h6-12,14-16H,4-5,13H2,1-3H3. The topological polar surface area (TPSA) is 91.4 Å². The zero-order chi connectivity index (χ0) is 25.2. The fraction of sp³-hybridized carbons (Fsp3) is 0.222. The Morgan fingerprint density at radius 1 is 1.06 bits per heavy atom. The number of aromatic nitrogens is 5. The van der Waals surface area contributed by atoms with E-state index in [1.165, 1.54) is 4.52 Å². The van der Waals surface area contributed by atoms with Crippen LogP contribution in [-0.2, 0) is 0 Å². The molecule has 0 aliphatic heterocycles. The smallest absolute Gasteiger partial charge is 0.295 e. The van der Waals surface area contributed by atoms with Crippen molar-refractivity contribution in [3.05, 3.63) is 96.8 Å². The van der Waals surface area contributed by atoms with Crippen LogP contribution in [0.15, 0.2) is 64.3 Å². The van der Waals surface area contributed by atoms with Crippen molar-refractivity contribution in [3.63, 3.8) is 0 Å². The van der Waals surface area contributed by atoms with Crippen molar-refractivity contribution in [2.45, 2.75) is 33.6 Å². The molecule has 3 heterocycles. The Hall–Kier alpha value is -4.11. The summed E-state index contributed by atoms with van der Waals surface area (Å²) in [6.07, 6.45) is 5.76. The van der Waals surface area contributed by atoms with Gasteiger partial charge in [-0.25, -0.2) is 4.68 Å². The lowest BCUT2D eigenvalue weighted by atomic mass is 10.0. The number of benzene rings is 2. The summed E-state index contributed by atoms with van der Waals surface area (Å²) in [6.45, 7) is 6.37. The van der Waals surface area contributed by atoms with Crippen LogP contribution in [0, 0.1) is 13.8 Å². The first kappa shape index (κ1) is 23.6. The van der Waals surface area contributed by atoms with E-state index in [0.29, 0.717) is 11.1 Å². The summed E-state index contributed by atoms with van der Waals surface area (Å²) in [7, 11) is 0. The zero-order valence-electron chi connectivity index (χ0n) is 20.3. The molecule has 9 heteroatoms. The summed E-state index contributed by atoms with van der Waals surface area (Å²) in [4.78, 5) is 29.2. The first-order valence-electron chi connectivity index (χ1n) is 11.8. The maximum absolute atomic E-state index is 13.0. The van der Waals surface area contributed by atoms with Gasteiger partial charge in [0.05, 0.1) is 16.8 Å². The molecular weight excluding hydrogens is 474 g/mol. The average molecular weight is 500 g/mol. The number of hydrogen-bond donors (Lipinski definition) is 0. The van der Waals surface area contributed by atoms with Gasteiger partial charge in [-0.2, -0.15) is 19.7 Å². The lowest BCUT2D eigenvalue weighted by Gasteiger charge is -2.10. The van der Waals surface area contributed by atoms with Crippen LogP contribution in [-0.4, -0.2) is 31.0 Å². The van der Waals surface area contributed by atoms with Gasteiger partial charge in [-0.05, 0) is 62.2 Å². The number of fused-ring (bicyclic) bond motifs is 1. The maximum atomic E-state index is 13.0. The van der Waals surface area contributed by atoms with Crippen molar-refractivity contribution in [1.29, 1.82) is 0 Å². The molecule has 0 atom stereocenters. The normalized spacial score (nSPS) is 11.9. The van der Waals surface area contributed by atoms with Crippen LogP contribution in [0.3, 0.4) is 0 Å². The van der Waals surface area contributed by atoms with Gasteiger partial charge in [0.1, 0.15) is 17.1 Å². The van der Waals surface area contributed by atoms with Gasteiger partial charge >= 0.3 is 0 Å². The van der Waals surface area contributed by atoms with Gasteiger partial charge in [0.2, 0.25) is 4.96 Å². The first-order valence-corrected chi connectivity index (χ1v) is 12.6. The third-order valence-corrected chi connectivity index (χ3v) is 6.76. The Kier molecular flexibility index (Phi) is 6.47. The molecular formula is C27H25N5O3S. The van der Waals surface area contributed by atoms with E-state index in [0.717, 1.165) is 58.0 Å². The lowest BCUT2D eigenvalue weighted by molar-refractivity contribution is 0.307. The number of rotatable bonds is 7. The van der Waals surface area contributed by atoms with Crippen molar-refractivity contribution in [3.8, 4) is 22.7 Å². The highest BCUT2D eigenvalue weighted by atomic mass is 32.1. The van der Waals surface area contributed by atoms with Gasteiger partial charge in [0, 0.05) is 17.3 Å². The third-order valence-electron chi connectivity index (χ3n) is 5.80. The molecule has 2 aromatic carbocycles. The summed E-state index contributed by atoms with van der Waals surface area (Å²) >= 11 is 1.13. The number of aryl methyl sites for hydroxylation is 2. The van der Waals surface area contributed by atoms with Crippen LogP contribution in [0.2, 0.25) is 0 Å². The van der Waals surface area contributed by atoms with Crippen molar-refractivity contribution in [2.75, 3.05) is 6.61 Å². The number of hydrogen-bond acceptors (Lipinski definition) is 7. The fourth-order valence-electron chi connectivity index (χ4n) is 3.84. The number of unbranched alkanes of at least 4 members (excludes halogenated alkanes) is 1. The number of para-hydroxylation sites is 1. The molecule has 8 nitrogen and oxygen atoms in total. The lowest BCUT2D eigenvalue weighted by Crippen LogP contribution is -2.27. The second kappa shape index (κ2) is 9.87. The third kappa shape index (κ3) is 4.57. The second-order valence-corrected chi connectivity index (χ2v) is 9.52. The Bertz CT molecular complexity index is 1720. The molecule has 5 aromatic rings. The van der Waals surface area contributed by atoms with Crippen molar-refractivity contribution in [1.82, 2.24) is 24.4 Å². The molecule has 0 unspecified atom stereocenters. The van der Waals surface area contributed by atoms with Gasteiger partial charge in [-0.3, -0.25) is 9.59 Å². The first-order chi connectivity index (χ1) is 17.4. The van der Waals surface area contributed by atoms with Gasteiger partial charge in [-0.15, -0.1) is 0 Å². The molecule has 5 rings (SSSR count). The van der Waals surface area contributed by atoms with Gasteiger partial charge < -0.3 is 4.74 Å². The van der Waals surface area contributed by atoms with Crippen LogP contribution in [0.4, 0.5) is 0 Å². The highest BCUT2D eigenvalue weighted by Crippen LogP contribution is 2.29. The predicted molar refractivity (Wildman–Crippen MR) is 141 cm³/mol. The molecule has 0 amide bonds. The highest BCUT2D eigenvalue weighted by Gasteiger charge is 2.15. The molecule has 0 radical (unpaired) electrons. The Morgan fingerprint density at radius 3 is 2.61 bits per heavy atom. The Labute approximate surface area is 211 Å². The van der Waals surface area contributed by atoms with Crippen molar-refractivity contribution < 1.29 is 4.74 Å². The zero-order valence-corrected chi connectivity index (χ0v) is 21.1. The Balaban J connectivity index is 1.65. The van der Waals surface area contributed by atoms with Crippen LogP contribution >= 0.6 is 11.3 Å². The molecule has 3 aromatic heterocycles. The van der Waals surface area contributed by atoms with E-state index in [9.17, 15) is 9.59 Å². The fourth-order valence-corrected chi connectivity index (χ4v) is 4.74. The summed E-state index contributed by atoms with van der Waals surface area (Å²) in [5.74, 6) is 0.851. The molecule has 0 saturated heterocycles. The molecule has 0 aliphatic carbocycles. The van der Waals surface area contributed by atoms with Crippen LogP contribution in [0.5, 0.6) is 5.75 Å². The summed E-state index contributed by atoms with van der Waals surface area (Å²) in [5.41, 5.74) is 3.74. The molecule has 0 fully saturated rings. The molecule has 0 spiro atoms. The number of ether oxygens (including phenoxy) is 1. The minimum atomic E-state index is -0.433. The van der Waals surface area contributed by atoms with E-state index in [2.05, 4.69) is 17.0 Å². The quantitative estimate of drug-likeness (QED) is 0.317. The summed E-state index contributed by atoms with van der Waals surface area (Å²) in [5, 5.41) is 8.97. The van der Waals surface area contributed by atoms with Crippen molar-refractivity contribution in [2.24, 2.45) is 0 Å². The predicted octanol–water partition coefficient (Wildman–Crippen LogP) is 3.71. The molecule has 36 heavy (non-hydrogen) atoms. The number of nitrogens with zero attached hydrogens (tertiary/aromatic N) is 5. The molecule has 0 N–H and O–H groups in total. The largest absolute Gasteiger partial charge is 0.493 e.